The van der Waals surface area contributed by atoms with Gasteiger partial charge in [0.05, 0.1) is 19.2 Å². The third-order valence-corrected chi connectivity index (χ3v) is 1.36. The number of hydrogen-bond donors (Lipinski definition) is 0. The molecule has 88 valence electrons. The van der Waals surface area contributed by atoms with Crippen molar-refractivity contribution in [2.75, 3.05) is 7.18 Å². The molecular weight excluding hydrogens is 183 g/mol. The van der Waals surface area contributed by atoms with Crippen LogP contribution >= 0.6 is 0 Å². The van der Waals surface area contributed by atoms with E-state index in [1.54, 1.807) is 0 Å². The van der Waals surface area contributed by atoms with Crippen molar-refractivity contribution in [3.05, 3.63) is 0 Å². The maximum absolute atomic E-state index is 10.9. The third-order valence-electron chi connectivity index (χ3n) is 1.36. The predicted octanol–water partition coefficient (Wildman–Crippen LogP) is 3.60. The van der Waals surface area contributed by atoms with Crippen LogP contribution in [0.25, 0.3) is 0 Å². The molecule has 0 spiro atoms. The molecule has 1 atom stereocenters. The van der Waals surface area contributed by atoms with E-state index >= 15 is 0 Å². The lowest BCUT2D eigenvalue weighted by Gasteiger charge is -2.11. The molecule has 0 fully saturated rings. The first-order valence-corrected chi connectivity index (χ1v) is 5.16. The van der Waals surface area contributed by atoms with Gasteiger partial charge in [0, 0.05) is 0 Å². The molecule has 2 nitrogen and oxygen atoms in total. The molecule has 0 bridgehead atoms. The number of alkyl halides is 1. The molecule has 1 unspecified atom stereocenters. The van der Waals surface area contributed by atoms with Crippen molar-refractivity contribution in [3.63, 3.8) is 0 Å². The number of halogens is 1. The minimum absolute atomic E-state index is 0.00556. The maximum Gasteiger partial charge on any atom is 0.308 e. The molecule has 0 heterocycles. The van der Waals surface area contributed by atoms with Gasteiger partial charge in [0.25, 0.3) is 0 Å². The summed E-state index contributed by atoms with van der Waals surface area (Å²) in [7, 11) is 0.500. The van der Waals surface area contributed by atoms with Gasteiger partial charge >= 0.3 is 5.97 Å². The predicted molar refractivity (Wildman–Crippen MR) is 59.1 cm³/mol. The lowest BCUT2D eigenvalue weighted by atomic mass is 10.2. The van der Waals surface area contributed by atoms with E-state index in [1.807, 2.05) is 41.5 Å². The lowest BCUT2D eigenvalue weighted by molar-refractivity contribution is -0.152. The van der Waals surface area contributed by atoms with E-state index in [-0.39, 0.29) is 18.0 Å². The molecule has 0 N–H and O–H groups in total. The number of esters is 1. The molecule has 0 radical (unpaired) electrons. The first kappa shape index (κ1) is 19.0. The van der Waals surface area contributed by atoms with Crippen molar-refractivity contribution in [2.45, 2.75) is 54.1 Å². The second-order valence-electron chi connectivity index (χ2n) is 2.81. The Kier molecular flexibility index (Phi) is 20.3. The zero-order valence-electron chi connectivity index (χ0n) is 10.6. The highest BCUT2D eigenvalue weighted by molar-refractivity contribution is 5.71. The smallest absolute Gasteiger partial charge is 0.308 e. The highest BCUT2D eigenvalue weighted by Gasteiger charge is 2.10. The quantitative estimate of drug-likeness (QED) is 0.662. The standard InChI is InChI=1S/C8H16O2.C2H6.CH3F/c1-5-7(4)10-8(9)6(2)3;2*1-2/h6-7H,5H2,1-4H3;1-2H3;1H3. The molecule has 0 saturated heterocycles. The second kappa shape index (κ2) is 14.9. The fourth-order valence-corrected chi connectivity index (χ4v) is 0.418. The maximum atomic E-state index is 10.9. The van der Waals surface area contributed by atoms with Crippen LogP contribution in [-0.4, -0.2) is 19.3 Å². The first-order valence-electron chi connectivity index (χ1n) is 5.16. The Morgan fingerprint density at radius 3 is 1.79 bits per heavy atom. The summed E-state index contributed by atoms with van der Waals surface area (Å²) in [6.45, 7) is 11.6. The molecule has 3 heteroatoms. The molecule has 0 saturated carbocycles. The van der Waals surface area contributed by atoms with Crippen LogP contribution in [0.4, 0.5) is 4.39 Å². The minimum atomic E-state index is -0.102. The molecule has 0 aromatic rings. The number of rotatable bonds is 3. The van der Waals surface area contributed by atoms with Crippen LogP contribution in [-0.2, 0) is 9.53 Å². The van der Waals surface area contributed by atoms with Crippen molar-refractivity contribution in [1.82, 2.24) is 0 Å². The van der Waals surface area contributed by atoms with Crippen molar-refractivity contribution in [2.24, 2.45) is 5.92 Å². The Labute approximate surface area is 87.8 Å². The van der Waals surface area contributed by atoms with Gasteiger partial charge in [-0.25, -0.2) is 0 Å². The molecular formula is C11H25FO2. The lowest BCUT2D eigenvalue weighted by Crippen LogP contribution is -2.18. The summed E-state index contributed by atoms with van der Waals surface area (Å²) in [6.07, 6.45) is 0.952. The molecule has 0 rings (SSSR count). The number of carbonyl (C=O) groups excluding carboxylic acids is 1. The van der Waals surface area contributed by atoms with Crippen LogP contribution in [0.2, 0.25) is 0 Å². The fraction of sp³-hybridized carbons (Fsp3) is 0.909. The fourth-order valence-electron chi connectivity index (χ4n) is 0.418. The van der Waals surface area contributed by atoms with Gasteiger partial charge in [-0.05, 0) is 13.3 Å². The van der Waals surface area contributed by atoms with Gasteiger partial charge < -0.3 is 4.74 Å². The molecule has 14 heavy (non-hydrogen) atoms. The van der Waals surface area contributed by atoms with Crippen LogP contribution in [0.1, 0.15) is 48.0 Å². The van der Waals surface area contributed by atoms with Crippen LogP contribution < -0.4 is 0 Å². The van der Waals surface area contributed by atoms with Crippen molar-refractivity contribution >= 4 is 5.97 Å². The van der Waals surface area contributed by atoms with E-state index in [0.717, 1.165) is 6.42 Å². The van der Waals surface area contributed by atoms with Gasteiger partial charge in [-0.15, -0.1) is 0 Å². The Morgan fingerprint density at radius 2 is 1.57 bits per heavy atom. The zero-order valence-corrected chi connectivity index (χ0v) is 10.6. The van der Waals surface area contributed by atoms with E-state index in [2.05, 4.69) is 0 Å². The molecule has 0 aliphatic rings. The van der Waals surface area contributed by atoms with E-state index in [0.29, 0.717) is 7.18 Å². The SMILES string of the molecule is CC.CCC(C)OC(=O)C(C)C.CF. The molecule has 0 amide bonds. The normalized spacial score (nSPS) is 10.4. The van der Waals surface area contributed by atoms with Gasteiger partial charge in [0.1, 0.15) is 0 Å². The summed E-state index contributed by atoms with van der Waals surface area (Å²) in [5.41, 5.74) is 0. The summed E-state index contributed by atoms with van der Waals surface area (Å²) in [5.74, 6) is -0.108. The summed E-state index contributed by atoms with van der Waals surface area (Å²) in [4.78, 5) is 10.9. The monoisotopic (exact) mass is 208 g/mol. The summed E-state index contributed by atoms with van der Waals surface area (Å²) >= 11 is 0. The van der Waals surface area contributed by atoms with Gasteiger partial charge in [-0.1, -0.05) is 34.6 Å². The Balaban J connectivity index is -0.000000266. The Hall–Kier alpha value is -0.600. The average Bonchev–Trinajstić information content (AvgIpc) is 2.23. The topological polar surface area (TPSA) is 26.3 Å². The van der Waals surface area contributed by atoms with Gasteiger partial charge in [0.2, 0.25) is 0 Å². The molecule has 0 aliphatic heterocycles. The van der Waals surface area contributed by atoms with Gasteiger partial charge in [-0.3, -0.25) is 9.18 Å². The number of ether oxygens (including phenoxy) is 1. The summed E-state index contributed by atoms with van der Waals surface area (Å²) < 4.78 is 14.5. The van der Waals surface area contributed by atoms with Crippen LogP contribution in [0.3, 0.4) is 0 Å². The van der Waals surface area contributed by atoms with E-state index < -0.39 is 0 Å². The van der Waals surface area contributed by atoms with E-state index in [1.165, 1.54) is 0 Å². The Bertz CT molecular complexity index is 114. The zero-order chi connectivity index (χ0) is 12.1. The van der Waals surface area contributed by atoms with Crippen LogP contribution in [0.15, 0.2) is 0 Å². The molecule has 0 aromatic heterocycles. The minimum Gasteiger partial charge on any atom is -0.462 e. The van der Waals surface area contributed by atoms with Crippen molar-refractivity contribution in [3.8, 4) is 0 Å². The van der Waals surface area contributed by atoms with E-state index in [9.17, 15) is 9.18 Å². The van der Waals surface area contributed by atoms with Gasteiger partial charge in [-0.2, -0.15) is 0 Å². The van der Waals surface area contributed by atoms with Crippen molar-refractivity contribution in [1.29, 1.82) is 0 Å². The third kappa shape index (κ3) is 14.0. The molecule has 0 aromatic carbocycles. The molecule has 0 aliphatic carbocycles. The van der Waals surface area contributed by atoms with Crippen LogP contribution in [0, 0.1) is 5.92 Å². The van der Waals surface area contributed by atoms with Gasteiger partial charge in [0.15, 0.2) is 0 Å². The summed E-state index contributed by atoms with van der Waals surface area (Å²) in [6, 6.07) is 0. The summed E-state index contributed by atoms with van der Waals surface area (Å²) in [5, 5.41) is 0. The number of hydrogen-bond acceptors (Lipinski definition) is 2. The second-order valence-corrected chi connectivity index (χ2v) is 2.81. The van der Waals surface area contributed by atoms with Crippen molar-refractivity contribution < 1.29 is 13.9 Å². The highest BCUT2D eigenvalue weighted by Crippen LogP contribution is 2.02. The van der Waals surface area contributed by atoms with E-state index in [4.69, 9.17) is 4.74 Å². The first-order chi connectivity index (χ1) is 6.57. The highest BCUT2D eigenvalue weighted by atomic mass is 19.1. The average molecular weight is 208 g/mol. The largest absolute Gasteiger partial charge is 0.462 e. The Morgan fingerprint density at radius 1 is 1.21 bits per heavy atom. The van der Waals surface area contributed by atoms with Crippen LogP contribution in [0.5, 0.6) is 0 Å². The number of carbonyl (C=O) groups is 1.